The normalized spacial score (nSPS) is 16.2. The Bertz CT molecular complexity index is 549. The molecule has 1 N–H and O–H groups in total. The highest BCUT2D eigenvalue weighted by molar-refractivity contribution is 5.98. The van der Waals surface area contributed by atoms with Crippen LogP contribution in [0, 0.1) is 5.92 Å². The first-order valence-corrected chi connectivity index (χ1v) is 7.73. The summed E-state index contributed by atoms with van der Waals surface area (Å²) in [6.07, 6.45) is 6.11. The van der Waals surface area contributed by atoms with Gasteiger partial charge >= 0.3 is 0 Å². The zero-order valence-electron chi connectivity index (χ0n) is 13.5. The molecule has 0 aliphatic heterocycles. The van der Waals surface area contributed by atoms with Crippen LogP contribution in [0.1, 0.15) is 49.4 Å². The summed E-state index contributed by atoms with van der Waals surface area (Å²) >= 11 is 0. The van der Waals surface area contributed by atoms with Gasteiger partial charge in [0.2, 0.25) is 0 Å². The van der Waals surface area contributed by atoms with Crippen LogP contribution < -0.4 is 14.9 Å². The first-order chi connectivity index (χ1) is 10.7. The number of para-hydroxylation sites is 1. The Morgan fingerprint density at radius 1 is 1.18 bits per heavy atom. The second-order valence-corrected chi connectivity index (χ2v) is 5.57. The average molecular weight is 304 g/mol. The second kappa shape index (κ2) is 7.82. The summed E-state index contributed by atoms with van der Waals surface area (Å²) in [7, 11) is 3.07. The van der Waals surface area contributed by atoms with Crippen LogP contribution in [0.2, 0.25) is 0 Å². The van der Waals surface area contributed by atoms with Crippen LogP contribution in [-0.4, -0.2) is 25.8 Å². The van der Waals surface area contributed by atoms with Crippen molar-refractivity contribution >= 4 is 11.6 Å². The molecule has 0 aromatic heterocycles. The van der Waals surface area contributed by atoms with Crippen molar-refractivity contribution in [3.63, 3.8) is 0 Å². The predicted molar refractivity (Wildman–Crippen MR) is 86.7 cm³/mol. The van der Waals surface area contributed by atoms with Crippen LogP contribution in [0.15, 0.2) is 23.3 Å². The fourth-order valence-corrected chi connectivity index (χ4v) is 2.88. The minimum absolute atomic E-state index is 0.286. The third-order valence-corrected chi connectivity index (χ3v) is 4.18. The van der Waals surface area contributed by atoms with Gasteiger partial charge in [-0.25, -0.2) is 5.43 Å². The number of carbonyl (C=O) groups is 1. The van der Waals surface area contributed by atoms with Crippen molar-refractivity contribution in [2.45, 2.75) is 39.0 Å². The topological polar surface area (TPSA) is 59.9 Å². The van der Waals surface area contributed by atoms with Crippen molar-refractivity contribution in [3.05, 3.63) is 23.8 Å². The van der Waals surface area contributed by atoms with E-state index in [-0.39, 0.29) is 5.91 Å². The Labute approximate surface area is 131 Å². The summed E-state index contributed by atoms with van der Waals surface area (Å²) in [5.74, 6) is 1.16. The Kier molecular flexibility index (Phi) is 5.81. The zero-order valence-corrected chi connectivity index (χ0v) is 13.5. The minimum Gasteiger partial charge on any atom is -0.493 e. The van der Waals surface area contributed by atoms with Gasteiger partial charge < -0.3 is 9.47 Å². The van der Waals surface area contributed by atoms with Crippen molar-refractivity contribution < 1.29 is 14.3 Å². The third-order valence-electron chi connectivity index (χ3n) is 4.18. The van der Waals surface area contributed by atoms with Gasteiger partial charge in [-0.1, -0.05) is 25.3 Å². The summed E-state index contributed by atoms with van der Waals surface area (Å²) in [4.78, 5) is 12.3. The number of nitrogens with one attached hydrogen (secondary N) is 1. The van der Waals surface area contributed by atoms with E-state index in [4.69, 9.17) is 9.47 Å². The molecule has 120 valence electrons. The molecule has 0 heterocycles. The number of nitrogens with zero attached hydrogens (tertiary/aromatic N) is 1. The van der Waals surface area contributed by atoms with E-state index in [9.17, 15) is 4.79 Å². The third kappa shape index (κ3) is 3.78. The van der Waals surface area contributed by atoms with E-state index in [0.29, 0.717) is 23.0 Å². The highest BCUT2D eigenvalue weighted by Crippen LogP contribution is 2.30. The van der Waals surface area contributed by atoms with Gasteiger partial charge in [0.15, 0.2) is 11.5 Å². The summed E-state index contributed by atoms with van der Waals surface area (Å²) in [5.41, 5.74) is 4.05. The van der Waals surface area contributed by atoms with E-state index < -0.39 is 0 Å². The standard InChI is InChI=1S/C17H24N2O3/c1-12(13-8-5-4-6-9-13)18-19-17(20)14-10-7-11-15(21-2)16(14)22-3/h7,10-11,13H,4-6,8-9H2,1-3H3,(H,19,20). The van der Waals surface area contributed by atoms with Gasteiger partial charge in [0.05, 0.1) is 19.8 Å². The average Bonchev–Trinajstić information content (AvgIpc) is 2.59. The Morgan fingerprint density at radius 3 is 2.55 bits per heavy atom. The summed E-state index contributed by atoms with van der Waals surface area (Å²) < 4.78 is 10.5. The molecule has 5 nitrogen and oxygen atoms in total. The van der Waals surface area contributed by atoms with Crippen LogP contribution in [0.4, 0.5) is 0 Å². The molecule has 0 saturated heterocycles. The molecule has 0 unspecified atom stereocenters. The molecule has 0 atom stereocenters. The van der Waals surface area contributed by atoms with Gasteiger partial charge in [-0.3, -0.25) is 4.79 Å². The fourth-order valence-electron chi connectivity index (χ4n) is 2.88. The minimum atomic E-state index is -0.286. The van der Waals surface area contributed by atoms with E-state index in [0.717, 1.165) is 18.6 Å². The number of carbonyl (C=O) groups excluding carboxylic acids is 1. The zero-order chi connectivity index (χ0) is 15.9. The smallest absolute Gasteiger partial charge is 0.275 e. The molecule has 1 aromatic carbocycles. The maximum atomic E-state index is 12.3. The van der Waals surface area contributed by atoms with Crippen molar-refractivity contribution in [2.75, 3.05) is 14.2 Å². The first kappa shape index (κ1) is 16.3. The van der Waals surface area contributed by atoms with Crippen LogP contribution in [0.25, 0.3) is 0 Å². The van der Waals surface area contributed by atoms with Gasteiger partial charge in [-0.2, -0.15) is 5.10 Å². The van der Waals surface area contributed by atoms with E-state index in [1.807, 2.05) is 6.92 Å². The number of methoxy groups -OCH3 is 2. The van der Waals surface area contributed by atoms with Crippen molar-refractivity contribution in [2.24, 2.45) is 11.0 Å². The maximum absolute atomic E-state index is 12.3. The quantitative estimate of drug-likeness (QED) is 0.670. The molecule has 1 fully saturated rings. The number of hydrogen-bond donors (Lipinski definition) is 1. The Hall–Kier alpha value is -2.04. The number of hydrogen-bond acceptors (Lipinski definition) is 4. The second-order valence-electron chi connectivity index (χ2n) is 5.57. The molecule has 1 amide bonds. The first-order valence-electron chi connectivity index (χ1n) is 7.73. The maximum Gasteiger partial charge on any atom is 0.275 e. The molecule has 1 aromatic rings. The monoisotopic (exact) mass is 304 g/mol. The molecule has 0 spiro atoms. The van der Waals surface area contributed by atoms with Gasteiger partial charge in [0.25, 0.3) is 5.91 Å². The molecule has 1 aliphatic rings. The summed E-state index contributed by atoms with van der Waals surface area (Å²) in [6, 6.07) is 5.21. The number of rotatable bonds is 5. The lowest BCUT2D eigenvalue weighted by Crippen LogP contribution is -2.23. The molecule has 0 bridgehead atoms. The largest absolute Gasteiger partial charge is 0.493 e. The number of ether oxygens (including phenoxy) is 2. The SMILES string of the molecule is COc1cccc(C(=O)NN=C(C)C2CCCCC2)c1OC. The van der Waals surface area contributed by atoms with Crippen molar-refractivity contribution in [1.82, 2.24) is 5.43 Å². The van der Waals surface area contributed by atoms with Crippen LogP contribution in [0.5, 0.6) is 11.5 Å². The number of amides is 1. The van der Waals surface area contributed by atoms with E-state index in [1.54, 1.807) is 25.3 Å². The van der Waals surface area contributed by atoms with Gasteiger partial charge in [-0.15, -0.1) is 0 Å². The number of benzene rings is 1. The fraction of sp³-hybridized carbons (Fsp3) is 0.529. The van der Waals surface area contributed by atoms with Crippen LogP contribution >= 0.6 is 0 Å². The van der Waals surface area contributed by atoms with Gasteiger partial charge in [0.1, 0.15) is 0 Å². The van der Waals surface area contributed by atoms with Crippen molar-refractivity contribution in [3.8, 4) is 11.5 Å². The molecular weight excluding hydrogens is 280 g/mol. The number of hydrazone groups is 1. The lowest BCUT2D eigenvalue weighted by molar-refractivity contribution is 0.0950. The Morgan fingerprint density at radius 2 is 1.91 bits per heavy atom. The lowest BCUT2D eigenvalue weighted by atomic mass is 9.86. The van der Waals surface area contributed by atoms with E-state index >= 15 is 0 Å². The molecule has 2 rings (SSSR count). The molecule has 5 heteroatoms. The van der Waals surface area contributed by atoms with E-state index in [1.165, 1.54) is 26.4 Å². The molecular formula is C17H24N2O3. The van der Waals surface area contributed by atoms with Crippen molar-refractivity contribution in [1.29, 1.82) is 0 Å². The lowest BCUT2D eigenvalue weighted by Gasteiger charge is -2.21. The highest BCUT2D eigenvalue weighted by atomic mass is 16.5. The van der Waals surface area contributed by atoms with Crippen LogP contribution in [-0.2, 0) is 0 Å². The molecule has 22 heavy (non-hydrogen) atoms. The van der Waals surface area contributed by atoms with Gasteiger partial charge in [-0.05, 0) is 37.8 Å². The predicted octanol–water partition coefficient (Wildman–Crippen LogP) is 3.39. The molecule has 1 aliphatic carbocycles. The van der Waals surface area contributed by atoms with Gasteiger partial charge in [0, 0.05) is 5.71 Å². The summed E-state index contributed by atoms with van der Waals surface area (Å²) in [5, 5.41) is 4.28. The van der Waals surface area contributed by atoms with Crippen LogP contribution in [0.3, 0.4) is 0 Å². The highest BCUT2D eigenvalue weighted by Gasteiger charge is 2.18. The Balaban J connectivity index is 2.09. The van der Waals surface area contributed by atoms with E-state index in [2.05, 4.69) is 10.5 Å². The summed E-state index contributed by atoms with van der Waals surface area (Å²) in [6.45, 7) is 1.99. The molecule has 1 saturated carbocycles. The molecule has 0 radical (unpaired) electrons.